The van der Waals surface area contributed by atoms with Gasteiger partial charge in [0.25, 0.3) is 0 Å². The van der Waals surface area contributed by atoms with Gasteiger partial charge in [0, 0.05) is 6.42 Å². The lowest BCUT2D eigenvalue weighted by molar-refractivity contribution is -0.140. The number of rotatable bonds is 4. The number of tetrazole rings is 1. The quantitative estimate of drug-likeness (QED) is 0.790. The molecule has 1 aromatic carbocycles. The Kier molecular flexibility index (Phi) is 3.63. The molecule has 4 rings (SSSR count). The number of imide groups is 1. The minimum Gasteiger partial charge on any atom is -0.274 e. The van der Waals surface area contributed by atoms with E-state index in [1.165, 1.54) is 17.0 Å². The number of likely N-dealkylation sites (tertiary alicyclic amines) is 1. The van der Waals surface area contributed by atoms with Gasteiger partial charge >= 0.3 is 0 Å². The third-order valence-electron chi connectivity index (χ3n) is 5.29. The maximum Gasteiger partial charge on any atom is 0.240 e. The van der Waals surface area contributed by atoms with Gasteiger partial charge in [-0.2, -0.15) is 0 Å². The predicted molar refractivity (Wildman–Crippen MR) is 84.6 cm³/mol. The first-order valence-corrected chi connectivity index (χ1v) is 8.36. The first kappa shape index (κ1) is 15.9. The third kappa shape index (κ3) is 2.52. The summed E-state index contributed by atoms with van der Waals surface area (Å²) in [6, 6.07) is 5.97. The summed E-state index contributed by atoms with van der Waals surface area (Å²) in [7, 11) is 0. The molecule has 0 radical (unpaired) electrons. The van der Waals surface area contributed by atoms with Crippen LogP contribution >= 0.6 is 0 Å². The van der Waals surface area contributed by atoms with Crippen molar-refractivity contribution in [2.24, 2.45) is 0 Å². The molecule has 1 saturated heterocycles. The smallest absolute Gasteiger partial charge is 0.240 e. The molecule has 1 aromatic heterocycles. The van der Waals surface area contributed by atoms with Crippen LogP contribution in [0, 0.1) is 5.82 Å². The van der Waals surface area contributed by atoms with E-state index in [1.54, 1.807) is 23.7 Å². The molecule has 130 valence electrons. The number of aromatic nitrogens is 4. The van der Waals surface area contributed by atoms with E-state index in [4.69, 9.17) is 0 Å². The number of carbonyl (C=O) groups is 2. The normalized spacial score (nSPS) is 24.0. The number of hydrogen-bond acceptors (Lipinski definition) is 5. The van der Waals surface area contributed by atoms with E-state index in [-0.39, 0.29) is 36.6 Å². The molecule has 2 aliphatic rings. The zero-order chi connectivity index (χ0) is 17.6. The second-order valence-electron chi connectivity index (χ2n) is 6.93. The van der Waals surface area contributed by atoms with Crippen molar-refractivity contribution in [1.82, 2.24) is 25.1 Å². The zero-order valence-corrected chi connectivity index (χ0v) is 13.9. The Labute approximate surface area is 143 Å². The summed E-state index contributed by atoms with van der Waals surface area (Å²) in [5, 5.41) is 11.7. The van der Waals surface area contributed by atoms with Crippen LogP contribution in [0.1, 0.15) is 50.0 Å². The van der Waals surface area contributed by atoms with E-state index in [1.807, 2.05) is 0 Å². The van der Waals surface area contributed by atoms with Crippen LogP contribution in [-0.2, 0) is 21.5 Å². The summed E-state index contributed by atoms with van der Waals surface area (Å²) >= 11 is 0. The average Bonchev–Trinajstić information content (AvgIpc) is 3.06. The molecular formula is C17H18FN5O2. The zero-order valence-electron chi connectivity index (χ0n) is 13.9. The lowest BCUT2D eigenvalue weighted by Crippen LogP contribution is -2.37. The average molecular weight is 343 g/mol. The number of hydrogen-bond donors (Lipinski definition) is 0. The Morgan fingerprint density at radius 1 is 1.24 bits per heavy atom. The molecule has 0 spiro atoms. The van der Waals surface area contributed by atoms with Crippen LogP contribution in [0.3, 0.4) is 0 Å². The van der Waals surface area contributed by atoms with E-state index < -0.39 is 5.41 Å². The van der Waals surface area contributed by atoms with Crippen LogP contribution in [0.15, 0.2) is 24.3 Å². The molecule has 1 aliphatic heterocycles. The summed E-state index contributed by atoms with van der Waals surface area (Å²) in [6.45, 7) is 1.79. The number of benzene rings is 1. The van der Waals surface area contributed by atoms with Crippen LogP contribution in [0.5, 0.6) is 0 Å². The van der Waals surface area contributed by atoms with Crippen molar-refractivity contribution in [2.45, 2.75) is 50.6 Å². The van der Waals surface area contributed by atoms with Gasteiger partial charge in [-0.1, -0.05) is 12.1 Å². The fourth-order valence-electron chi connectivity index (χ4n) is 3.46. The van der Waals surface area contributed by atoms with Gasteiger partial charge in [-0.05, 0) is 54.3 Å². The molecule has 8 heteroatoms. The Morgan fingerprint density at radius 2 is 1.96 bits per heavy atom. The fraction of sp³-hybridized carbons (Fsp3) is 0.471. The van der Waals surface area contributed by atoms with Crippen molar-refractivity contribution in [3.63, 3.8) is 0 Å². The second kappa shape index (κ2) is 5.72. The van der Waals surface area contributed by atoms with Crippen LogP contribution in [-0.4, -0.2) is 36.9 Å². The lowest BCUT2D eigenvalue weighted by atomic mass is 9.81. The van der Waals surface area contributed by atoms with E-state index in [9.17, 15) is 14.0 Å². The molecule has 7 nitrogen and oxygen atoms in total. The topological polar surface area (TPSA) is 81.0 Å². The highest BCUT2D eigenvalue weighted by Crippen LogP contribution is 2.37. The van der Waals surface area contributed by atoms with Crippen LogP contribution in [0.2, 0.25) is 0 Å². The van der Waals surface area contributed by atoms with Gasteiger partial charge in [0.1, 0.15) is 5.82 Å². The number of amides is 2. The predicted octanol–water partition coefficient (Wildman–Crippen LogP) is 1.75. The molecule has 2 fully saturated rings. The Bertz CT molecular complexity index is 830. The van der Waals surface area contributed by atoms with Crippen molar-refractivity contribution in [3.05, 3.63) is 41.5 Å². The van der Waals surface area contributed by atoms with Crippen LogP contribution < -0.4 is 0 Å². The van der Waals surface area contributed by atoms with Gasteiger partial charge in [0.05, 0.1) is 18.0 Å². The largest absolute Gasteiger partial charge is 0.274 e. The summed E-state index contributed by atoms with van der Waals surface area (Å²) in [5.41, 5.74) is -0.354. The number of carbonyl (C=O) groups excluding carboxylic acids is 2. The SMILES string of the molecule is CC1(c2ccc(F)cc2)CC(=O)N(Cc2nnnn2C2CCC2)C1=O. The van der Waals surface area contributed by atoms with Crippen LogP contribution in [0.25, 0.3) is 0 Å². The summed E-state index contributed by atoms with van der Waals surface area (Å²) < 4.78 is 14.9. The molecule has 1 atom stereocenters. The van der Waals surface area contributed by atoms with Crippen molar-refractivity contribution in [3.8, 4) is 0 Å². The molecular weight excluding hydrogens is 325 g/mol. The first-order valence-electron chi connectivity index (χ1n) is 8.36. The third-order valence-corrected chi connectivity index (χ3v) is 5.29. The minimum atomic E-state index is -0.987. The van der Waals surface area contributed by atoms with Crippen molar-refractivity contribution in [2.75, 3.05) is 0 Å². The maximum absolute atomic E-state index is 13.2. The molecule has 0 N–H and O–H groups in total. The minimum absolute atomic E-state index is 0.0580. The number of nitrogens with zero attached hydrogens (tertiary/aromatic N) is 5. The van der Waals surface area contributed by atoms with Crippen molar-refractivity contribution < 1.29 is 14.0 Å². The highest BCUT2D eigenvalue weighted by molar-refractivity contribution is 6.08. The first-order chi connectivity index (χ1) is 12.0. The summed E-state index contributed by atoms with van der Waals surface area (Å²) in [4.78, 5) is 26.6. The molecule has 2 amide bonds. The van der Waals surface area contributed by atoms with E-state index >= 15 is 0 Å². The van der Waals surface area contributed by atoms with E-state index in [0.717, 1.165) is 19.3 Å². The molecule has 1 aliphatic carbocycles. The number of halogens is 1. The molecule has 1 unspecified atom stereocenters. The van der Waals surface area contributed by atoms with Gasteiger partial charge in [-0.15, -0.1) is 5.10 Å². The van der Waals surface area contributed by atoms with Crippen LogP contribution in [0.4, 0.5) is 4.39 Å². The standard InChI is InChI=1S/C17H18FN5O2/c1-17(11-5-7-12(18)8-6-11)9-15(24)22(16(17)25)10-14-19-20-21-23(14)13-3-2-4-13/h5-8,13H,2-4,9-10H2,1H3. The maximum atomic E-state index is 13.2. The van der Waals surface area contributed by atoms with Gasteiger partial charge in [0.15, 0.2) is 5.82 Å². The fourth-order valence-corrected chi connectivity index (χ4v) is 3.46. The second-order valence-corrected chi connectivity index (χ2v) is 6.93. The summed E-state index contributed by atoms with van der Waals surface area (Å²) in [6.07, 6.45) is 3.21. The van der Waals surface area contributed by atoms with Crippen molar-refractivity contribution in [1.29, 1.82) is 0 Å². The van der Waals surface area contributed by atoms with Crippen molar-refractivity contribution >= 4 is 11.8 Å². The molecule has 1 saturated carbocycles. The molecule has 2 heterocycles. The molecule has 25 heavy (non-hydrogen) atoms. The van der Waals surface area contributed by atoms with Gasteiger partial charge < -0.3 is 0 Å². The highest BCUT2D eigenvalue weighted by Gasteiger charge is 2.49. The Morgan fingerprint density at radius 3 is 2.60 bits per heavy atom. The Hall–Kier alpha value is -2.64. The Balaban J connectivity index is 1.59. The van der Waals surface area contributed by atoms with E-state index in [2.05, 4.69) is 15.5 Å². The summed E-state index contributed by atoms with van der Waals surface area (Å²) in [5.74, 6) is -0.414. The van der Waals surface area contributed by atoms with E-state index in [0.29, 0.717) is 11.4 Å². The monoisotopic (exact) mass is 343 g/mol. The van der Waals surface area contributed by atoms with Gasteiger partial charge in [-0.25, -0.2) is 9.07 Å². The molecule has 0 bridgehead atoms. The van der Waals surface area contributed by atoms with Gasteiger partial charge in [-0.3, -0.25) is 14.5 Å². The lowest BCUT2D eigenvalue weighted by Gasteiger charge is -2.27. The van der Waals surface area contributed by atoms with Gasteiger partial charge in [0.2, 0.25) is 11.8 Å². The molecule has 2 aromatic rings. The highest BCUT2D eigenvalue weighted by atomic mass is 19.1.